The monoisotopic (exact) mass is 276 g/mol. The van der Waals surface area contributed by atoms with Crippen molar-refractivity contribution in [2.45, 2.75) is 58.2 Å². The van der Waals surface area contributed by atoms with Gasteiger partial charge >= 0.3 is 0 Å². The van der Waals surface area contributed by atoms with Gasteiger partial charge in [0.15, 0.2) is 0 Å². The summed E-state index contributed by atoms with van der Waals surface area (Å²) >= 11 is 0. The first kappa shape index (κ1) is 15.3. The zero-order valence-corrected chi connectivity index (χ0v) is 13.1. The molecular weight excluding hydrogens is 248 g/mol. The van der Waals surface area contributed by atoms with Gasteiger partial charge in [0.25, 0.3) is 0 Å². The number of hydrogen-bond acceptors (Lipinski definition) is 3. The maximum atomic E-state index is 6.02. The maximum absolute atomic E-state index is 6.02. The van der Waals surface area contributed by atoms with E-state index < -0.39 is 0 Å². The minimum absolute atomic E-state index is 0.415. The molecule has 0 bridgehead atoms. The van der Waals surface area contributed by atoms with Gasteiger partial charge in [-0.25, -0.2) is 0 Å². The summed E-state index contributed by atoms with van der Waals surface area (Å²) in [5, 5.41) is 0. The van der Waals surface area contributed by atoms with E-state index in [2.05, 4.69) is 36.9 Å². The molecule has 0 unspecified atom stereocenters. The number of ether oxygens (including phenoxy) is 1. The third kappa shape index (κ3) is 3.74. The van der Waals surface area contributed by atoms with Crippen molar-refractivity contribution >= 4 is 0 Å². The average Bonchev–Trinajstić information content (AvgIpc) is 2.46. The van der Waals surface area contributed by atoms with Gasteiger partial charge in [0.1, 0.15) is 5.75 Å². The molecule has 0 heterocycles. The van der Waals surface area contributed by atoms with Crippen LogP contribution in [0.4, 0.5) is 0 Å². The topological polar surface area (TPSA) is 38.5 Å². The van der Waals surface area contributed by atoms with Crippen molar-refractivity contribution in [1.29, 1.82) is 0 Å². The molecule has 2 rings (SSSR count). The largest absolute Gasteiger partial charge is 0.496 e. The van der Waals surface area contributed by atoms with Gasteiger partial charge in [0.2, 0.25) is 0 Å². The van der Waals surface area contributed by atoms with Crippen LogP contribution in [0.1, 0.15) is 43.7 Å². The molecule has 2 N–H and O–H groups in total. The van der Waals surface area contributed by atoms with Gasteiger partial charge in [0.05, 0.1) is 7.11 Å². The smallest absolute Gasteiger partial charge is 0.123 e. The van der Waals surface area contributed by atoms with E-state index >= 15 is 0 Å². The van der Waals surface area contributed by atoms with Gasteiger partial charge < -0.3 is 10.5 Å². The SMILES string of the molecule is CCN(Cc1cc(C)ccc1OC)C1CCC(N)CC1. The Balaban J connectivity index is 2.08. The highest BCUT2D eigenvalue weighted by Crippen LogP contribution is 2.26. The lowest BCUT2D eigenvalue weighted by Crippen LogP contribution is -2.40. The molecule has 0 spiro atoms. The Hall–Kier alpha value is -1.06. The van der Waals surface area contributed by atoms with E-state index in [1.165, 1.54) is 24.0 Å². The number of rotatable bonds is 5. The molecule has 1 fully saturated rings. The van der Waals surface area contributed by atoms with Crippen molar-refractivity contribution in [3.8, 4) is 5.75 Å². The van der Waals surface area contributed by atoms with Crippen LogP contribution in [0.25, 0.3) is 0 Å². The van der Waals surface area contributed by atoms with Crippen molar-refractivity contribution in [3.05, 3.63) is 29.3 Å². The van der Waals surface area contributed by atoms with Crippen LogP contribution in [0.2, 0.25) is 0 Å². The van der Waals surface area contributed by atoms with Crippen LogP contribution < -0.4 is 10.5 Å². The fraction of sp³-hybridized carbons (Fsp3) is 0.647. The van der Waals surface area contributed by atoms with Crippen molar-refractivity contribution in [2.75, 3.05) is 13.7 Å². The minimum atomic E-state index is 0.415. The van der Waals surface area contributed by atoms with Gasteiger partial charge in [-0.05, 0) is 45.2 Å². The highest BCUT2D eigenvalue weighted by Gasteiger charge is 2.24. The Morgan fingerprint density at radius 1 is 1.25 bits per heavy atom. The summed E-state index contributed by atoms with van der Waals surface area (Å²) in [5.41, 5.74) is 8.61. The molecule has 0 amide bonds. The molecule has 1 saturated carbocycles. The second-order valence-electron chi connectivity index (χ2n) is 5.95. The van der Waals surface area contributed by atoms with E-state index in [4.69, 9.17) is 10.5 Å². The first-order valence-electron chi connectivity index (χ1n) is 7.77. The van der Waals surface area contributed by atoms with Crippen LogP contribution in [0.3, 0.4) is 0 Å². The summed E-state index contributed by atoms with van der Waals surface area (Å²) in [7, 11) is 1.75. The van der Waals surface area contributed by atoms with E-state index in [1.54, 1.807) is 7.11 Å². The highest BCUT2D eigenvalue weighted by molar-refractivity contribution is 5.36. The second-order valence-corrected chi connectivity index (χ2v) is 5.95. The quantitative estimate of drug-likeness (QED) is 0.898. The average molecular weight is 276 g/mol. The van der Waals surface area contributed by atoms with Crippen LogP contribution in [-0.2, 0) is 6.54 Å². The second kappa shape index (κ2) is 7.09. The third-order valence-electron chi connectivity index (χ3n) is 4.47. The predicted octanol–water partition coefficient (Wildman–Crippen LogP) is 3.10. The Morgan fingerprint density at radius 2 is 1.95 bits per heavy atom. The summed E-state index contributed by atoms with van der Waals surface area (Å²) in [6, 6.07) is 7.52. The Labute approximate surface area is 123 Å². The molecule has 0 atom stereocenters. The molecule has 20 heavy (non-hydrogen) atoms. The number of hydrogen-bond donors (Lipinski definition) is 1. The van der Waals surface area contributed by atoms with Crippen molar-refractivity contribution in [1.82, 2.24) is 4.90 Å². The maximum Gasteiger partial charge on any atom is 0.123 e. The lowest BCUT2D eigenvalue weighted by Gasteiger charge is -2.35. The van der Waals surface area contributed by atoms with E-state index in [0.29, 0.717) is 12.1 Å². The number of benzene rings is 1. The zero-order chi connectivity index (χ0) is 14.5. The normalized spacial score (nSPS) is 23.1. The van der Waals surface area contributed by atoms with Gasteiger partial charge in [0, 0.05) is 24.2 Å². The van der Waals surface area contributed by atoms with Crippen molar-refractivity contribution in [3.63, 3.8) is 0 Å². The summed E-state index contributed by atoms with van der Waals surface area (Å²) < 4.78 is 5.50. The molecule has 1 aromatic rings. The van der Waals surface area contributed by atoms with E-state index in [0.717, 1.165) is 31.7 Å². The van der Waals surface area contributed by atoms with Gasteiger partial charge in [-0.1, -0.05) is 24.6 Å². The van der Waals surface area contributed by atoms with E-state index in [9.17, 15) is 0 Å². The number of aryl methyl sites for hydroxylation is 1. The van der Waals surface area contributed by atoms with Crippen LogP contribution in [0, 0.1) is 6.92 Å². The lowest BCUT2D eigenvalue weighted by atomic mass is 9.90. The molecule has 112 valence electrons. The fourth-order valence-electron chi connectivity index (χ4n) is 3.22. The van der Waals surface area contributed by atoms with Gasteiger partial charge in [-0.15, -0.1) is 0 Å². The molecule has 0 aromatic heterocycles. The van der Waals surface area contributed by atoms with Crippen LogP contribution >= 0.6 is 0 Å². The van der Waals surface area contributed by atoms with E-state index in [-0.39, 0.29) is 0 Å². The summed E-state index contributed by atoms with van der Waals surface area (Å²) in [6.07, 6.45) is 4.77. The molecule has 0 saturated heterocycles. The van der Waals surface area contributed by atoms with Gasteiger partial charge in [-0.2, -0.15) is 0 Å². The van der Waals surface area contributed by atoms with Crippen LogP contribution in [0.15, 0.2) is 18.2 Å². The first-order chi connectivity index (χ1) is 9.63. The summed E-state index contributed by atoms with van der Waals surface area (Å²) in [5.74, 6) is 1.00. The molecule has 1 aliphatic carbocycles. The van der Waals surface area contributed by atoms with Crippen LogP contribution in [0.5, 0.6) is 5.75 Å². The van der Waals surface area contributed by atoms with Gasteiger partial charge in [-0.3, -0.25) is 4.90 Å². The lowest BCUT2D eigenvalue weighted by molar-refractivity contribution is 0.148. The Bertz CT molecular complexity index is 425. The van der Waals surface area contributed by atoms with Crippen LogP contribution in [-0.4, -0.2) is 30.6 Å². The Kier molecular flexibility index (Phi) is 5.44. The molecule has 3 heteroatoms. The molecule has 0 radical (unpaired) electrons. The molecule has 1 aliphatic rings. The Morgan fingerprint density at radius 3 is 2.55 bits per heavy atom. The van der Waals surface area contributed by atoms with Crippen molar-refractivity contribution in [2.24, 2.45) is 5.73 Å². The summed E-state index contributed by atoms with van der Waals surface area (Å²) in [6.45, 7) is 6.44. The number of nitrogens with two attached hydrogens (primary N) is 1. The predicted molar refractivity (Wildman–Crippen MR) is 84.0 cm³/mol. The zero-order valence-electron chi connectivity index (χ0n) is 13.1. The first-order valence-corrected chi connectivity index (χ1v) is 7.77. The van der Waals surface area contributed by atoms with Crippen molar-refractivity contribution < 1.29 is 4.74 Å². The highest BCUT2D eigenvalue weighted by atomic mass is 16.5. The number of methoxy groups -OCH3 is 1. The summed E-state index contributed by atoms with van der Waals surface area (Å²) in [4.78, 5) is 2.57. The van der Waals surface area contributed by atoms with E-state index in [1.807, 2.05) is 0 Å². The fourth-order valence-corrected chi connectivity index (χ4v) is 3.22. The number of nitrogens with zero attached hydrogens (tertiary/aromatic N) is 1. The molecular formula is C17H28N2O. The molecule has 1 aromatic carbocycles. The molecule has 0 aliphatic heterocycles. The standard InChI is InChI=1S/C17H28N2O/c1-4-19(16-8-6-15(18)7-9-16)12-14-11-13(2)5-10-17(14)20-3/h5,10-11,15-16H,4,6-9,12,18H2,1-3H3. The molecule has 3 nitrogen and oxygen atoms in total. The third-order valence-corrected chi connectivity index (χ3v) is 4.47. The minimum Gasteiger partial charge on any atom is -0.496 e.